The van der Waals surface area contributed by atoms with Gasteiger partial charge in [-0.15, -0.1) is 0 Å². The topological polar surface area (TPSA) is 60.5 Å². The summed E-state index contributed by atoms with van der Waals surface area (Å²) in [4.78, 5) is 17.3. The van der Waals surface area contributed by atoms with Crippen LogP contribution in [0, 0.1) is 5.82 Å². The SMILES string of the molecule is COc1cccc(C2C(Oc3ccccc3F)C(=O)N2CCCCN2CCOCC2)c1OC. The van der Waals surface area contributed by atoms with Gasteiger partial charge in [-0.1, -0.05) is 24.3 Å². The molecule has 178 valence electrons. The molecule has 0 N–H and O–H groups in total. The number of hydrogen-bond acceptors (Lipinski definition) is 6. The predicted octanol–water partition coefficient (Wildman–Crippen LogP) is 3.29. The van der Waals surface area contributed by atoms with Gasteiger partial charge in [0, 0.05) is 25.2 Å². The summed E-state index contributed by atoms with van der Waals surface area (Å²) in [6, 6.07) is 11.3. The maximum atomic E-state index is 14.2. The molecular formula is C25H31FN2O5. The molecule has 2 aliphatic rings. The van der Waals surface area contributed by atoms with Crippen LogP contribution in [0.2, 0.25) is 0 Å². The first kappa shape index (κ1) is 23.3. The number of hydrogen-bond donors (Lipinski definition) is 0. The van der Waals surface area contributed by atoms with Gasteiger partial charge in [0.1, 0.15) is 6.04 Å². The summed E-state index contributed by atoms with van der Waals surface area (Å²) in [6.07, 6.45) is 1.00. The molecule has 2 saturated heterocycles. The zero-order valence-electron chi connectivity index (χ0n) is 19.2. The lowest BCUT2D eigenvalue weighted by atomic mass is 9.89. The number of benzene rings is 2. The van der Waals surface area contributed by atoms with Crippen molar-refractivity contribution < 1.29 is 28.1 Å². The Morgan fingerprint density at radius 3 is 2.42 bits per heavy atom. The van der Waals surface area contributed by atoms with Gasteiger partial charge in [-0.25, -0.2) is 4.39 Å². The van der Waals surface area contributed by atoms with Crippen LogP contribution in [0.3, 0.4) is 0 Å². The van der Waals surface area contributed by atoms with Crippen molar-refractivity contribution in [2.45, 2.75) is 25.0 Å². The van der Waals surface area contributed by atoms with Crippen LogP contribution >= 0.6 is 0 Å². The van der Waals surface area contributed by atoms with E-state index in [0.717, 1.165) is 51.3 Å². The third-order valence-corrected chi connectivity index (χ3v) is 6.22. The van der Waals surface area contributed by atoms with Gasteiger partial charge in [0.2, 0.25) is 6.10 Å². The number of β-lactam (4-membered cyclic amide) rings is 1. The number of morpholine rings is 1. The highest BCUT2D eigenvalue weighted by Crippen LogP contribution is 2.45. The molecule has 0 saturated carbocycles. The number of amides is 1. The average Bonchev–Trinajstić information content (AvgIpc) is 2.85. The molecule has 0 aliphatic carbocycles. The summed E-state index contributed by atoms with van der Waals surface area (Å²) in [5, 5.41) is 0. The van der Waals surface area contributed by atoms with Crippen LogP contribution in [0.4, 0.5) is 4.39 Å². The first-order valence-corrected chi connectivity index (χ1v) is 11.4. The van der Waals surface area contributed by atoms with Gasteiger partial charge in [0.05, 0.1) is 27.4 Å². The molecular weight excluding hydrogens is 427 g/mol. The van der Waals surface area contributed by atoms with E-state index in [9.17, 15) is 9.18 Å². The molecule has 2 aromatic rings. The smallest absolute Gasteiger partial charge is 0.266 e. The van der Waals surface area contributed by atoms with E-state index in [2.05, 4.69) is 4.90 Å². The Balaban J connectivity index is 1.50. The highest BCUT2D eigenvalue weighted by Gasteiger charge is 2.51. The second kappa shape index (κ2) is 10.9. The second-order valence-corrected chi connectivity index (χ2v) is 8.19. The van der Waals surface area contributed by atoms with Crippen molar-refractivity contribution >= 4 is 5.91 Å². The highest BCUT2D eigenvalue weighted by atomic mass is 19.1. The largest absolute Gasteiger partial charge is 0.493 e. The maximum Gasteiger partial charge on any atom is 0.266 e. The molecule has 8 heteroatoms. The van der Waals surface area contributed by atoms with E-state index in [1.807, 2.05) is 18.2 Å². The number of halogens is 1. The molecule has 2 fully saturated rings. The van der Waals surface area contributed by atoms with Gasteiger partial charge in [0.15, 0.2) is 23.1 Å². The quantitative estimate of drug-likeness (QED) is 0.402. The normalized spacial score (nSPS) is 20.9. The van der Waals surface area contributed by atoms with Crippen LogP contribution in [-0.4, -0.2) is 75.4 Å². The van der Waals surface area contributed by atoms with E-state index in [1.54, 1.807) is 31.3 Å². The molecule has 33 heavy (non-hydrogen) atoms. The molecule has 2 unspecified atom stereocenters. The Hall–Kier alpha value is -2.84. The fourth-order valence-electron chi connectivity index (χ4n) is 4.48. The Labute approximate surface area is 194 Å². The molecule has 0 spiro atoms. The van der Waals surface area contributed by atoms with Crippen LogP contribution in [0.1, 0.15) is 24.4 Å². The van der Waals surface area contributed by atoms with Crippen molar-refractivity contribution in [3.8, 4) is 17.2 Å². The van der Waals surface area contributed by atoms with Gasteiger partial charge in [-0.3, -0.25) is 9.69 Å². The first-order valence-electron chi connectivity index (χ1n) is 11.4. The number of likely N-dealkylation sites (tertiary alicyclic amines) is 1. The Morgan fingerprint density at radius 2 is 1.70 bits per heavy atom. The summed E-state index contributed by atoms with van der Waals surface area (Å²) in [5.74, 6) is 0.545. The van der Waals surface area contributed by atoms with E-state index < -0.39 is 18.0 Å². The van der Waals surface area contributed by atoms with E-state index in [4.69, 9.17) is 18.9 Å². The van der Waals surface area contributed by atoms with Crippen molar-refractivity contribution in [2.75, 3.05) is 53.6 Å². The van der Waals surface area contributed by atoms with Crippen LogP contribution in [0.15, 0.2) is 42.5 Å². The fraction of sp³-hybridized carbons (Fsp3) is 0.480. The van der Waals surface area contributed by atoms with Crippen LogP contribution in [-0.2, 0) is 9.53 Å². The summed E-state index contributed by atoms with van der Waals surface area (Å²) in [7, 11) is 3.14. The number of carbonyl (C=O) groups is 1. The molecule has 2 aliphatic heterocycles. The first-order chi connectivity index (χ1) is 16.1. The van der Waals surface area contributed by atoms with E-state index >= 15 is 0 Å². The van der Waals surface area contributed by atoms with Crippen molar-refractivity contribution in [3.05, 3.63) is 53.8 Å². The Kier molecular flexibility index (Phi) is 7.67. The molecule has 2 aromatic carbocycles. The zero-order valence-corrected chi connectivity index (χ0v) is 19.2. The number of nitrogens with zero attached hydrogens (tertiary/aromatic N) is 2. The number of unbranched alkanes of at least 4 members (excludes halogenated alkanes) is 1. The number of rotatable bonds is 10. The minimum absolute atomic E-state index is 0.0645. The van der Waals surface area contributed by atoms with Crippen LogP contribution < -0.4 is 14.2 Å². The number of ether oxygens (including phenoxy) is 4. The van der Waals surface area contributed by atoms with Crippen LogP contribution in [0.5, 0.6) is 17.2 Å². The van der Waals surface area contributed by atoms with Gasteiger partial charge >= 0.3 is 0 Å². The Bertz CT molecular complexity index is 950. The minimum Gasteiger partial charge on any atom is -0.493 e. The van der Waals surface area contributed by atoms with Gasteiger partial charge in [-0.2, -0.15) is 0 Å². The molecule has 2 atom stereocenters. The molecule has 2 heterocycles. The standard InChI is InChI=1S/C25H31FN2O5/c1-30-21-11-7-8-18(23(21)31-2)22-24(33-20-10-4-3-9-19(20)26)25(29)28(22)13-6-5-12-27-14-16-32-17-15-27/h3-4,7-11,22,24H,5-6,12-17H2,1-2H3. The van der Waals surface area contributed by atoms with Crippen molar-refractivity contribution in [1.82, 2.24) is 9.80 Å². The summed E-state index contributed by atoms with van der Waals surface area (Å²) >= 11 is 0. The van der Waals surface area contributed by atoms with Gasteiger partial charge < -0.3 is 23.8 Å². The third kappa shape index (κ3) is 5.07. The number of methoxy groups -OCH3 is 2. The molecule has 1 amide bonds. The lowest BCUT2D eigenvalue weighted by Gasteiger charge is -2.47. The monoisotopic (exact) mass is 458 g/mol. The third-order valence-electron chi connectivity index (χ3n) is 6.22. The summed E-state index contributed by atoms with van der Waals surface area (Å²) in [5.41, 5.74) is 0.783. The van der Waals surface area contributed by atoms with E-state index in [1.165, 1.54) is 12.1 Å². The van der Waals surface area contributed by atoms with Crippen molar-refractivity contribution in [3.63, 3.8) is 0 Å². The van der Waals surface area contributed by atoms with E-state index in [-0.39, 0.29) is 11.7 Å². The lowest BCUT2D eigenvalue weighted by Crippen LogP contribution is -2.61. The maximum absolute atomic E-state index is 14.2. The second-order valence-electron chi connectivity index (χ2n) is 8.19. The van der Waals surface area contributed by atoms with Crippen LogP contribution in [0.25, 0.3) is 0 Å². The van der Waals surface area contributed by atoms with Gasteiger partial charge in [0.25, 0.3) is 5.91 Å². The average molecular weight is 459 g/mol. The van der Waals surface area contributed by atoms with Crippen molar-refractivity contribution in [2.24, 2.45) is 0 Å². The minimum atomic E-state index is -0.831. The van der Waals surface area contributed by atoms with E-state index in [0.29, 0.717) is 18.0 Å². The van der Waals surface area contributed by atoms with Crippen molar-refractivity contribution in [1.29, 1.82) is 0 Å². The Morgan fingerprint density at radius 1 is 0.970 bits per heavy atom. The number of carbonyl (C=O) groups excluding carboxylic acids is 1. The van der Waals surface area contributed by atoms with Gasteiger partial charge in [-0.05, 0) is 37.6 Å². The fourth-order valence-corrected chi connectivity index (χ4v) is 4.48. The zero-order chi connectivity index (χ0) is 23.2. The molecule has 0 aromatic heterocycles. The highest BCUT2D eigenvalue weighted by molar-refractivity contribution is 5.89. The molecule has 0 bridgehead atoms. The number of para-hydroxylation sites is 2. The molecule has 0 radical (unpaired) electrons. The summed E-state index contributed by atoms with van der Waals surface area (Å²) < 4.78 is 36.6. The summed E-state index contributed by atoms with van der Waals surface area (Å²) in [6.45, 7) is 5.02. The predicted molar refractivity (Wildman–Crippen MR) is 121 cm³/mol. The lowest BCUT2D eigenvalue weighted by molar-refractivity contribution is -0.164. The molecule has 4 rings (SSSR count). The molecule has 7 nitrogen and oxygen atoms in total.